The van der Waals surface area contributed by atoms with Crippen LogP contribution in [0.4, 0.5) is 4.79 Å². The van der Waals surface area contributed by atoms with E-state index in [1.165, 1.54) is 0 Å². The average molecular weight is 411 g/mol. The van der Waals surface area contributed by atoms with Crippen LogP contribution in [-0.2, 0) is 29.5 Å². The largest absolute Gasteiger partial charge is 0.444 e. The molecule has 0 saturated heterocycles. The molecule has 1 atom stereocenters. The van der Waals surface area contributed by atoms with Gasteiger partial charge in [-0.05, 0) is 44.5 Å². The van der Waals surface area contributed by atoms with Crippen LogP contribution < -0.4 is 10.6 Å². The number of carbonyl (C=O) groups is 2. The molecule has 0 radical (unpaired) electrons. The topological polar surface area (TPSA) is 77.3 Å². The van der Waals surface area contributed by atoms with E-state index in [0.29, 0.717) is 19.5 Å². The Hall–Kier alpha value is -3.22. The monoisotopic (exact) mass is 410 g/mol. The lowest BCUT2D eigenvalue weighted by Gasteiger charge is -2.23. The van der Waals surface area contributed by atoms with Crippen LogP contribution in [-0.4, -0.2) is 39.3 Å². The smallest absolute Gasteiger partial charge is 0.408 e. The van der Waals surface area contributed by atoms with Gasteiger partial charge in [0.05, 0.1) is 0 Å². The van der Waals surface area contributed by atoms with Crippen LogP contribution in [0.15, 0.2) is 55.0 Å². The third-order valence-corrected chi connectivity index (χ3v) is 4.75. The van der Waals surface area contributed by atoms with E-state index in [9.17, 15) is 9.59 Å². The summed E-state index contributed by atoms with van der Waals surface area (Å²) in [4.78, 5) is 25.3. The van der Waals surface area contributed by atoms with Crippen molar-refractivity contribution >= 4 is 22.9 Å². The number of rotatable bonds is 7. The highest BCUT2D eigenvalue weighted by atomic mass is 16.6. The Morgan fingerprint density at radius 2 is 1.80 bits per heavy atom. The molecule has 2 N–H and O–H groups in total. The van der Waals surface area contributed by atoms with Gasteiger partial charge in [0, 0.05) is 56.1 Å². The summed E-state index contributed by atoms with van der Waals surface area (Å²) >= 11 is 0. The van der Waals surface area contributed by atoms with Crippen molar-refractivity contribution in [2.24, 2.45) is 7.05 Å². The van der Waals surface area contributed by atoms with E-state index in [0.717, 1.165) is 16.5 Å². The van der Waals surface area contributed by atoms with Gasteiger partial charge in [0.25, 0.3) is 0 Å². The molecule has 1 aromatic carbocycles. The van der Waals surface area contributed by atoms with Gasteiger partial charge in [-0.2, -0.15) is 0 Å². The third kappa shape index (κ3) is 5.65. The predicted octanol–water partition coefficient (Wildman–Crippen LogP) is 3.23. The zero-order chi connectivity index (χ0) is 21.7. The maximum atomic E-state index is 12.9. The number of nitrogens with one attached hydrogen (secondary N) is 2. The SMILES string of the molecule is Cn1cc(C[C@@H](NC(=O)OC(C)(C)C)C(=O)NCCn2cccc2)c2ccccc21. The molecule has 160 valence electrons. The number of alkyl carbamates (subject to hydrolysis) is 1. The quantitative estimate of drug-likeness (QED) is 0.628. The maximum absolute atomic E-state index is 12.9. The summed E-state index contributed by atoms with van der Waals surface area (Å²) in [6.07, 6.45) is 5.66. The molecule has 2 amide bonds. The predicted molar refractivity (Wildman–Crippen MR) is 117 cm³/mol. The van der Waals surface area contributed by atoms with Crippen molar-refractivity contribution in [3.63, 3.8) is 0 Å². The first-order valence-electron chi connectivity index (χ1n) is 10.1. The van der Waals surface area contributed by atoms with Gasteiger partial charge in [-0.1, -0.05) is 18.2 Å². The number of hydrogen-bond acceptors (Lipinski definition) is 3. The molecule has 0 aliphatic heterocycles. The molecule has 2 heterocycles. The summed E-state index contributed by atoms with van der Waals surface area (Å²) in [5, 5.41) is 6.74. The van der Waals surface area contributed by atoms with Crippen LogP contribution in [0.5, 0.6) is 0 Å². The van der Waals surface area contributed by atoms with E-state index in [4.69, 9.17) is 4.74 Å². The Labute approximate surface area is 177 Å². The second kappa shape index (κ2) is 9.07. The average Bonchev–Trinajstić information content (AvgIpc) is 3.28. The van der Waals surface area contributed by atoms with Gasteiger partial charge in [0.2, 0.25) is 5.91 Å². The Balaban J connectivity index is 1.73. The maximum Gasteiger partial charge on any atom is 0.408 e. The number of aromatic nitrogens is 2. The highest BCUT2D eigenvalue weighted by Crippen LogP contribution is 2.21. The molecular formula is C23H30N4O3. The van der Waals surface area contributed by atoms with E-state index < -0.39 is 17.7 Å². The summed E-state index contributed by atoms with van der Waals surface area (Å²) in [5.41, 5.74) is 1.44. The van der Waals surface area contributed by atoms with Crippen LogP contribution in [0.25, 0.3) is 10.9 Å². The number of fused-ring (bicyclic) bond motifs is 1. The Morgan fingerprint density at radius 3 is 2.50 bits per heavy atom. The van der Waals surface area contributed by atoms with Crippen molar-refractivity contribution < 1.29 is 14.3 Å². The Morgan fingerprint density at radius 1 is 1.10 bits per heavy atom. The number of carbonyl (C=O) groups excluding carboxylic acids is 2. The number of benzene rings is 1. The molecule has 0 fully saturated rings. The van der Waals surface area contributed by atoms with Crippen LogP contribution in [0.3, 0.4) is 0 Å². The molecule has 3 rings (SSSR count). The van der Waals surface area contributed by atoms with Crippen molar-refractivity contribution in [3.8, 4) is 0 Å². The highest BCUT2D eigenvalue weighted by Gasteiger charge is 2.25. The molecule has 7 nitrogen and oxygen atoms in total. The normalized spacial score (nSPS) is 12.5. The zero-order valence-corrected chi connectivity index (χ0v) is 18.0. The Bertz CT molecular complexity index is 999. The van der Waals surface area contributed by atoms with Gasteiger partial charge in [-0.25, -0.2) is 4.79 Å². The van der Waals surface area contributed by atoms with Gasteiger partial charge >= 0.3 is 6.09 Å². The molecule has 0 unspecified atom stereocenters. The number of aryl methyl sites for hydroxylation is 1. The van der Waals surface area contributed by atoms with Crippen LogP contribution in [0.1, 0.15) is 26.3 Å². The third-order valence-electron chi connectivity index (χ3n) is 4.75. The second-order valence-corrected chi connectivity index (χ2v) is 8.40. The minimum atomic E-state index is -0.740. The summed E-state index contributed by atoms with van der Waals surface area (Å²) in [7, 11) is 1.97. The molecule has 0 saturated carbocycles. The van der Waals surface area contributed by atoms with Crippen molar-refractivity contribution in [1.82, 2.24) is 19.8 Å². The molecule has 3 aromatic rings. The standard InChI is InChI=1S/C23H30N4O3/c1-23(2,3)30-22(29)25-19(21(28)24-11-14-27-12-7-8-13-27)15-17-16-26(4)20-10-6-5-9-18(17)20/h5-10,12-13,16,19H,11,14-15H2,1-4H3,(H,24,28)(H,25,29)/t19-/m1/s1. The van der Waals surface area contributed by atoms with Gasteiger partial charge in [0.1, 0.15) is 11.6 Å². The first kappa shape index (κ1) is 21.5. The van der Waals surface area contributed by atoms with Crippen molar-refractivity contribution in [2.45, 2.75) is 45.4 Å². The molecule has 0 aliphatic carbocycles. The van der Waals surface area contributed by atoms with Crippen LogP contribution in [0, 0.1) is 0 Å². The van der Waals surface area contributed by atoms with Crippen molar-refractivity contribution in [3.05, 3.63) is 60.6 Å². The highest BCUT2D eigenvalue weighted by molar-refractivity contribution is 5.88. The summed E-state index contributed by atoms with van der Waals surface area (Å²) in [6, 6.07) is 11.2. The summed E-state index contributed by atoms with van der Waals surface area (Å²) < 4.78 is 9.39. The first-order chi connectivity index (χ1) is 14.2. The fourth-order valence-electron chi connectivity index (χ4n) is 3.42. The Kier molecular flexibility index (Phi) is 6.50. The van der Waals surface area contributed by atoms with E-state index in [-0.39, 0.29) is 5.91 Å². The minimum absolute atomic E-state index is 0.235. The van der Waals surface area contributed by atoms with Gasteiger partial charge < -0.3 is 24.5 Å². The molecule has 30 heavy (non-hydrogen) atoms. The molecular weight excluding hydrogens is 380 g/mol. The van der Waals surface area contributed by atoms with E-state index in [1.807, 2.05) is 71.2 Å². The molecule has 2 aromatic heterocycles. The summed E-state index contributed by atoms with van der Waals surface area (Å²) in [5.74, 6) is -0.235. The van der Waals surface area contributed by atoms with Gasteiger partial charge in [0.15, 0.2) is 0 Å². The fourth-order valence-corrected chi connectivity index (χ4v) is 3.42. The second-order valence-electron chi connectivity index (χ2n) is 8.40. The minimum Gasteiger partial charge on any atom is -0.444 e. The van der Waals surface area contributed by atoms with Crippen LogP contribution in [0.2, 0.25) is 0 Å². The fraction of sp³-hybridized carbons (Fsp3) is 0.391. The number of ether oxygens (including phenoxy) is 1. The van der Waals surface area contributed by atoms with E-state index in [2.05, 4.69) is 10.6 Å². The summed E-state index contributed by atoms with van der Waals surface area (Å²) in [6.45, 7) is 6.51. The number of nitrogens with zero attached hydrogens (tertiary/aromatic N) is 2. The molecule has 7 heteroatoms. The van der Waals surface area contributed by atoms with Gasteiger partial charge in [-0.15, -0.1) is 0 Å². The number of hydrogen-bond donors (Lipinski definition) is 2. The van der Waals surface area contributed by atoms with Crippen molar-refractivity contribution in [1.29, 1.82) is 0 Å². The molecule has 0 spiro atoms. The lowest BCUT2D eigenvalue weighted by Crippen LogP contribution is -2.49. The number of amides is 2. The van der Waals surface area contributed by atoms with E-state index >= 15 is 0 Å². The zero-order valence-electron chi connectivity index (χ0n) is 18.0. The molecule has 0 aliphatic rings. The van der Waals surface area contributed by atoms with Crippen molar-refractivity contribution in [2.75, 3.05) is 6.54 Å². The first-order valence-corrected chi connectivity index (χ1v) is 10.1. The number of para-hydroxylation sites is 1. The van der Waals surface area contributed by atoms with Gasteiger partial charge in [-0.3, -0.25) is 4.79 Å². The lowest BCUT2D eigenvalue weighted by molar-refractivity contribution is -0.123. The molecule has 0 bridgehead atoms. The van der Waals surface area contributed by atoms with Crippen LogP contribution >= 0.6 is 0 Å². The van der Waals surface area contributed by atoms with E-state index in [1.54, 1.807) is 20.8 Å². The lowest BCUT2D eigenvalue weighted by atomic mass is 10.0.